The smallest absolute Gasteiger partial charge is 0.407 e. The number of carboxylic acid groups (broad SMARTS) is 1. The van der Waals surface area contributed by atoms with Crippen LogP contribution in [0.1, 0.15) is 32.6 Å². The van der Waals surface area contributed by atoms with Crippen LogP contribution in [0.2, 0.25) is 0 Å². The lowest BCUT2D eigenvalue weighted by Gasteiger charge is -2.37. The number of likely N-dealkylation sites (tertiary alicyclic amines) is 1. The molecule has 0 radical (unpaired) electrons. The molecule has 2 atom stereocenters. The van der Waals surface area contributed by atoms with Gasteiger partial charge in [0.05, 0.1) is 7.11 Å². The molecule has 1 amide bonds. The molecule has 1 saturated heterocycles. The monoisotopic (exact) mass is 272 g/mol. The summed E-state index contributed by atoms with van der Waals surface area (Å²) in [5.74, 6) is -0.690. The lowest BCUT2D eigenvalue weighted by molar-refractivity contribution is -0.138. The highest BCUT2D eigenvalue weighted by Gasteiger charge is 2.29. The molecule has 19 heavy (non-hydrogen) atoms. The molecule has 0 saturated carbocycles. The number of hydrogen-bond acceptors (Lipinski definition) is 4. The van der Waals surface area contributed by atoms with Crippen molar-refractivity contribution in [1.29, 1.82) is 0 Å². The van der Waals surface area contributed by atoms with Crippen LogP contribution in [-0.4, -0.2) is 54.9 Å². The van der Waals surface area contributed by atoms with Crippen LogP contribution in [0.25, 0.3) is 0 Å². The zero-order valence-electron chi connectivity index (χ0n) is 11.7. The first-order valence-electron chi connectivity index (χ1n) is 6.83. The standard InChI is InChI=1S/C13H24N2O4/c1-3-4-5-15-8-10(7-12(16)17)6-11(9-15)14-13(18)19-2/h10-11H,3-9H2,1-2H3,(H,14,18)(H,16,17). The third kappa shape index (κ3) is 5.92. The van der Waals surface area contributed by atoms with Crippen LogP contribution in [0.3, 0.4) is 0 Å². The minimum atomic E-state index is -0.779. The Morgan fingerprint density at radius 2 is 2.16 bits per heavy atom. The Labute approximate surface area is 114 Å². The predicted molar refractivity (Wildman–Crippen MR) is 71.0 cm³/mol. The van der Waals surface area contributed by atoms with Crippen LogP contribution in [0.4, 0.5) is 4.79 Å². The second-order valence-corrected chi connectivity index (χ2v) is 5.15. The minimum absolute atomic E-state index is 0.0255. The number of methoxy groups -OCH3 is 1. The molecule has 0 aromatic rings. The van der Waals surface area contributed by atoms with Gasteiger partial charge < -0.3 is 20.1 Å². The van der Waals surface area contributed by atoms with E-state index in [1.165, 1.54) is 7.11 Å². The number of nitrogens with zero attached hydrogens (tertiary/aromatic N) is 1. The van der Waals surface area contributed by atoms with Gasteiger partial charge in [-0.25, -0.2) is 4.79 Å². The predicted octanol–water partition coefficient (Wildman–Crippen LogP) is 1.31. The van der Waals surface area contributed by atoms with Gasteiger partial charge in [-0.15, -0.1) is 0 Å². The Bertz CT molecular complexity index is 309. The highest BCUT2D eigenvalue weighted by atomic mass is 16.5. The first-order valence-corrected chi connectivity index (χ1v) is 6.83. The number of piperidine rings is 1. The van der Waals surface area contributed by atoms with Crippen molar-refractivity contribution in [1.82, 2.24) is 10.2 Å². The van der Waals surface area contributed by atoms with E-state index in [0.717, 1.165) is 32.5 Å². The van der Waals surface area contributed by atoms with E-state index in [1.54, 1.807) is 0 Å². The fraction of sp³-hybridized carbons (Fsp3) is 0.846. The third-order valence-electron chi connectivity index (χ3n) is 3.41. The molecule has 0 aliphatic carbocycles. The maximum atomic E-state index is 11.3. The van der Waals surface area contributed by atoms with Crippen molar-refractivity contribution in [3.63, 3.8) is 0 Å². The molecule has 6 nitrogen and oxygen atoms in total. The summed E-state index contributed by atoms with van der Waals surface area (Å²) in [6.45, 7) is 4.64. The largest absolute Gasteiger partial charge is 0.481 e. The van der Waals surface area contributed by atoms with Gasteiger partial charge in [0, 0.05) is 25.6 Å². The second kappa shape index (κ2) is 7.99. The molecular weight excluding hydrogens is 248 g/mol. The van der Waals surface area contributed by atoms with Gasteiger partial charge in [-0.05, 0) is 25.3 Å². The first kappa shape index (κ1) is 15.8. The molecule has 1 aliphatic rings. The summed E-state index contributed by atoms with van der Waals surface area (Å²) in [5, 5.41) is 11.7. The molecule has 0 aromatic carbocycles. The van der Waals surface area contributed by atoms with Crippen LogP contribution in [-0.2, 0) is 9.53 Å². The highest BCUT2D eigenvalue weighted by molar-refractivity contribution is 5.68. The van der Waals surface area contributed by atoms with E-state index in [4.69, 9.17) is 5.11 Å². The van der Waals surface area contributed by atoms with E-state index in [9.17, 15) is 9.59 Å². The fourth-order valence-corrected chi connectivity index (χ4v) is 2.59. The van der Waals surface area contributed by atoms with Crippen molar-refractivity contribution in [2.75, 3.05) is 26.7 Å². The van der Waals surface area contributed by atoms with E-state index < -0.39 is 12.1 Å². The number of rotatable bonds is 6. The number of carbonyl (C=O) groups is 2. The maximum Gasteiger partial charge on any atom is 0.407 e. The van der Waals surface area contributed by atoms with Crippen LogP contribution in [0.15, 0.2) is 0 Å². The van der Waals surface area contributed by atoms with Gasteiger partial charge in [0.25, 0.3) is 0 Å². The number of unbranched alkanes of at least 4 members (excludes halogenated alkanes) is 1. The van der Waals surface area contributed by atoms with Gasteiger partial charge in [-0.2, -0.15) is 0 Å². The van der Waals surface area contributed by atoms with E-state index >= 15 is 0 Å². The molecule has 2 unspecified atom stereocenters. The first-order chi connectivity index (χ1) is 9.05. The van der Waals surface area contributed by atoms with Crippen molar-refractivity contribution in [3.8, 4) is 0 Å². The summed E-state index contributed by atoms with van der Waals surface area (Å²) in [6, 6.07) is -0.0255. The lowest BCUT2D eigenvalue weighted by Crippen LogP contribution is -2.51. The van der Waals surface area contributed by atoms with Gasteiger partial charge in [-0.3, -0.25) is 4.79 Å². The number of carbonyl (C=O) groups excluding carboxylic acids is 1. The van der Waals surface area contributed by atoms with E-state index in [0.29, 0.717) is 6.42 Å². The number of carboxylic acids is 1. The minimum Gasteiger partial charge on any atom is -0.481 e. The molecule has 0 bridgehead atoms. The lowest BCUT2D eigenvalue weighted by atomic mass is 9.91. The van der Waals surface area contributed by atoms with Crippen molar-refractivity contribution >= 4 is 12.1 Å². The summed E-state index contributed by atoms with van der Waals surface area (Å²) >= 11 is 0. The summed E-state index contributed by atoms with van der Waals surface area (Å²) < 4.78 is 4.60. The van der Waals surface area contributed by atoms with Crippen molar-refractivity contribution in [3.05, 3.63) is 0 Å². The number of ether oxygens (including phenoxy) is 1. The maximum absolute atomic E-state index is 11.3. The van der Waals surface area contributed by atoms with E-state index in [2.05, 4.69) is 21.9 Å². The molecular formula is C13H24N2O4. The highest BCUT2D eigenvalue weighted by Crippen LogP contribution is 2.20. The fourth-order valence-electron chi connectivity index (χ4n) is 2.59. The van der Waals surface area contributed by atoms with E-state index in [-0.39, 0.29) is 18.4 Å². The molecule has 1 aliphatic heterocycles. The number of nitrogens with one attached hydrogen (secondary N) is 1. The Balaban J connectivity index is 2.55. The average Bonchev–Trinajstić information content (AvgIpc) is 2.35. The van der Waals surface area contributed by atoms with Crippen LogP contribution in [0.5, 0.6) is 0 Å². The Kier molecular flexibility index (Phi) is 6.62. The van der Waals surface area contributed by atoms with Gasteiger partial charge >= 0.3 is 12.1 Å². The van der Waals surface area contributed by atoms with Gasteiger partial charge in [-0.1, -0.05) is 13.3 Å². The molecule has 110 valence electrons. The van der Waals surface area contributed by atoms with Gasteiger partial charge in [0.1, 0.15) is 0 Å². The second-order valence-electron chi connectivity index (χ2n) is 5.15. The quantitative estimate of drug-likeness (QED) is 0.762. The Morgan fingerprint density at radius 3 is 2.74 bits per heavy atom. The van der Waals surface area contributed by atoms with Crippen LogP contribution < -0.4 is 5.32 Å². The molecule has 6 heteroatoms. The topological polar surface area (TPSA) is 78.9 Å². The molecule has 1 heterocycles. The summed E-state index contributed by atoms with van der Waals surface area (Å²) in [7, 11) is 1.34. The molecule has 1 rings (SSSR count). The zero-order chi connectivity index (χ0) is 14.3. The normalized spacial score (nSPS) is 23.9. The SMILES string of the molecule is CCCCN1CC(CC(=O)O)CC(NC(=O)OC)C1. The van der Waals surface area contributed by atoms with Crippen molar-refractivity contribution < 1.29 is 19.4 Å². The Hall–Kier alpha value is -1.30. The summed E-state index contributed by atoms with van der Waals surface area (Å²) in [6.07, 6.45) is 2.60. The van der Waals surface area contributed by atoms with Crippen LogP contribution in [0, 0.1) is 5.92 Å². The zero-order valence-corrected chi connectivity index (χ0v) is 11.7. The summed E-state index contributed by atoms with van der Waals surface area (Å²) in [4.78, 5) is 24.3. The Morgan fingerprint density at radius 1 is 1.42 bits per heavy atom. The van der Waals surface area contributed by atoms with Crippen LogP contribution >= 0.6 is 0 Å². The number of aliphatic carboxylic acids is 1. The number of amides is 1. The number of alkyl carbamates (subject to hydrolysis) is 1. The number of hydrogen-bond donors (Lipinski definition) is 2. The van der Waals surface area contributed by atoms with Crippen molar-refractivity contribution in [2.45, 2.75) is 38.6 Å². The van der Waals surface area contributed by atoms with Gasteiger partial charge in [0.15, 0.2) is 0 Å². The van der Waals surface area contributed by atoms with E-state index in [1.807, 2.05) is 0 Å². The van der Waals surface area contributed by atoms with Crippen molar-refractivity contribution in [2.24, 2.45) is 5.92 Å². The average molecular weight is 272 g/mol. The molecule has 0 aromatic heterocycles. The third-order valence-corrected chi connectivity index (χ3v) is 3.41. The summed E-state index contributed by atoms with van der Waals surface area (Å²) in [5.41, 5.74) is 0. The molecule has 0 spiro atoms. The molecule has 2 N–H and O–H groups in total. The molecule has 1 fully saturated rings. The van der Waals surface area contributed by atoms with Gasteiger partial charge in [0.2, 0.25) is 0 Å².